The molecule has 0 atom stereocenters. The summed E-state index contributed by atoms with van der Waals surface area (Å²) in [6.07, 6.45) is -0.0625. The molecule has 0 aromatic rings. The molecule has 11 nitrogen and oxygen atoms in total. The first-order valence-corrected chi connectivity index (χ1v) is 10.4. The highest BCUT2D eigenvalue weighted by molar-refractivity contribution is 7.51. The number of nitrogens with one attached hydrogen (secondary N) is 4. The van der Waals surface area contributed by atoms with Gasteiger partial charge in [0, 0.05) is 30.4 Å². The number of ether oxygens (including phenoxy) is 2. The van der Waals surface area contributed by atoms with Gasteiger partial charge in [0.05, 0.1) is 26.4 Å². The highest BCUT2D eigenvalue weighted by atomic mass is 31.2. The van der Waals surface area contributed by atoms with Crippen LogP contribution in [0.1, 0.15) is 20.8 Å². The molecule has 0 spiro atoms. The maximum atomic E-state index is 11.1. The van der Waals surface area contributed by atoms with Crippen molar-refractivity contribution in [1.29, 1.82) is 0 Å². The topological polar surface area (TPSA) is 158 Å². The molecular weight excluding hydrogens is 391 g/mol. The van der Waals surface area contributed by atoms with Gasteiger partial charge in [-0.05, 0) is 13.8 Å². The number of hydrazine groups is 2. The molecule has 0 aliphatic heterocycles. The van der Waals surface area contributed by atoms with Crippen LogP contribution in [0.5, 0.6) is 0 Å². The molecule has 0 rings (SSSR count). The Morgan fingerprint density at radius 1 is 0.857 bits per heavy atom. The molecule has 0 aliphatic rings. The van der Waals surface area contributed by atoms with Crippen molar-refractivity contribution in [3.05, 3.63) is 24.3 Å². The summed E-state index contributed by atoms with van der Waals surface area (Å²) in [6.45, 7) is 14.5. The molecular formula is C16H33N4O7P. The van der Waals surface area contributed by atoms with Crippen LogP contribution >= 0.6 is 7.60 Å². The number of carbonyl (C=O) groups excluding carboxylic acids is 2. The largest absolute Gasteiger partial charge is 0.378 e. The Labute approximate surface area is 166 Å². The molecule has 6 N–H and O–H groups in total. The Hall–Kier alpha value is -1.59. The average molecular weight is 424 g/mol. The monoisotopic (exact) mass is 424 g/mol. The van der Waals surface area contributed by atoms with Crippen LogP contribution in [0.2, 0.25) is 0 Å². The Bertz CT molecular complexity index is 501. The van der Waals surface area contributed by atoms with Crippen molar-refractivity contribution in [3.63, 3.8) is 0 Å². The minimum Gasteiger partial charge on any atom is -0.378 e. The maximum Gasteiger partial charge on any atom is 0.325 e. The summed E-state index contributed by atoms with van der Waals surface area (Å²) >= 11 is 0. The van der Waals surface area contributed by atoms with Crippen LogP contribution in [0, 0.1) is 0 Å². The zero-order valence-corrected chi connectivity index (χ0v) is 17.6. The molecule has 0 fully saturated rings. The van der Waals surface area contributed by atoms with E-state index in [1.165, 1.54) is 6.92 Å². The SMILES string of the molecule is C=C(C)C(=O)NNCCOCCOCCNNC(=O)C(=C)C.CCP(=O)(O)O. The normalized spacial score (nSPS) is 10.5. The first-order valence-electron chi connectivity index (χ1n) is 8.58. The minimum absolute atomic E-state index is 0.0625. The third kappa shape index (κ3) is 22.5. The molecule has 12 heteroatoms. The van der Waals surface area contributed by atoms with E-state index in [1.54, 1.807) is 13.8 Å². The van der Waals surface area contributed by atoms with Gasteiger partial charge in [0.25, 0.3) is 11.8 Å². The molecule has 0 aromatic carbocycles. The fourth-order valence-corrected chi connectivity index (χ4v) is 1.07. The molecule has 2 amide bonds. The van der Waals surface area contributed by atoms with E-state index < -0.39 is 7.60 Å². The second-order valence-corrected chi connectivity index (χ2v) is 7.49. The van der Waals surface area contributed by atoms with Crippen LogP contribution in [0.4, 0.5) is 0 Å². The zero-order chi connectivity index (χ0) is 22.0. The predicted octanol–water partition coefficient (Wildman–Crippen LogP) is -0.403. The molecule has 164 valence electrons. The maximum absolute atomic E-state index is 11.1. The summed E-state index contributed by atoms with van der Waals surface area (Å²) in [6, 6.07) is 0. The number of hydrogen-bond acceptors (Lipinski definition) is 7. The third-order valence-electron chi connectivity index (χ3n) is 2.71. The lowest BCUT2D eigenvalue weighted by Crippen LogP contribution is -2.40. The molecule has 0 aromatic heterocycles. The van der Waals surface area contributed by atoms with Gasteiger partial charge in [-0.2, -0.15) is 0 Å². The van der Waals surface area contributed by atoms with E-state index in [-0.39, 0.29) is 18.0 Å². The van der Waals surface area contributed by atoms with Crippen LogP contribution in [0.25, 0.3) is 0 Å². The lowest BCUT2D eigenvalue weighted by molar-refractivity contribution is -0.119. The van der Waals surface area contributed by atoms with E-state index in [9.17, 15) is 14.2 Å². The van der Waals surface area contributed by atoms with Gasteiger partial charge in [0.1, 0.15) is 0 Å². The number of amides is 2. The zero-order valence-electron chi connectivity index (χ0n) is 16.7. The van der Waals surface area contributed by atoms with E-state index in [0.717, 1.165) is 0 Å². The minimum atomic E-state index is -3.65. The molecule has 0 unspecified atom stereocenters. The van der Waals surface area contributed by atoms with E-state index in [0.29, 0.717) is 50.7 Å². The Balaban J connectivity index is 0. The van der Waals surface area contributed by atoms with E-state index in [4.69, 9.17) is 19.3 Å². The molecule has 0 heterocycles. The highest BCUT2D eigenvalue weighted by Crippen LogP contribution is 2.32. The van der Waals surface area contributed by atoms with E-state index in [1.807, 2.05) is 0 Å². The van der Waals surface area contributed by atoms with Crippen molar-refractivity contribution < 1.29 is 33.4 Å². The standard InChI is InChI=1S/C14H26N4O4.C2H7O3P/c1-11(2)13(19)17-15-5-7-21-9-10-22-8-6-16-18-14(20)12(3)4;1-2-6(3,4)5/h15-16H,1,3,5-10H2,2,4H3,(H,17,19)(H,18,20);2H2,1H3,(H2,3,4,5). The first kappa shape index (κ1) is 28.6. The van der Waals surface area contributed by atoms with Gasteiger partial charge in [-0.1, -0.05) is 20.1 Å². The molecule has 0 radical (unpaired) electrons. The van der Waals surface area contributed by atoms with Crippen molar-refractivity contribution >= 4 is 19.4 Å². The number of hydrogen-bond donors (Lipinski definition) is 6. The second-order valence-electron chi connectivity index (χ2n) is 5.53. The smallest absolute Gasteiger partial charge is 0.325 e. The predicted molar refractivity (Wildman–Crippen MR) is 106 cm³/mol. The van der Waals surface area contributed by atoms with Gasteiger partial charge in [-0.25, -0.2) is 10.9 Å². The van der Waals surface area contributed by atoms with Crippen LogP contribution in [-0.2, 0) is 23.6 Å². The van der Waals surface area contributed by atoms with Crippen LogP contribution in [-0.4, -0.2) is 67.3 Å². The fourth-order valence-electron chi connectivity index (χ4n) is 1.07. The Kier molecular flexibility index (Phi) is 17.9. The van der Waals surface area contributed by atoms with Gasteiger partial charge in [-0.3, -0.25) is 25.0 Å². The third-order valence-corrected chi connectivity index (χ3v) is 3.53. The summed E-state index contributed by atoms with van der Waals surface area (Å²) in [5, 5.41) is 0. The number of carbonyl (C=O) groups is 2. The molecule has 0 saturated heterocycles. The fraction of sp³-hybridized carbons (Fsp3) is 0.625. The molecule has 28 heavy (non-hydrogen) atoms. The van der Waals surface area contributed by atoms with Crippen molar-refractivity contribution in [3.8, 4) is 0 Å². The summed E-state index contributed by atoms with van der Waals surface area (Å²) in [7, 11) is -3.65. The van der Waals surface area contributed by atoms with Crippen LogP contribution in [0.3, 0.4) is 0 Å². The van der Waals surface area contributed by atoms with Gasteiger partial charge in [-0.15, -0.1) is 0 Å². The van der Waals surface area contributed by atoms with Gasteiger partial charge in [0.15, 0.2) is 0 Å². The lowest BCUT2D eigenvalue weighted by Gasteiger charge is -2.09. The molecule has 0 saturated carbocycles. The lowest BCUT2D eigenvalue weighted by atomic mass is 10.3. The van der Waals surface area contributed by atoms with Gasteiger partial charge >= 0.3 is 7.60 Å². The summed E-state index contributed by atoms with van der Waals surface area (Å²) in [4.78, 5) is 38.1. The number of rotatable bonds is 14. The second kappa shape index (κ2) is 17.5. The quantitative estimate of drug-likeness (QED) is 0.0944. The van der Waals surface area contributed by atoms with Crippen molar-refractivity contribution in [2.24, 2.45) is 0 Å². The van der Waals surface area contributed by atoms with Crippen LogP contribution in [0.15, 0.2) is 24.3 Å². The van der Waals surface area contributed by atoms with Crippen molar-refractivity contribution in [1.82, 2.24) is 21.7 Å². The van der Waals surface area contributed by atoms with Gasteiger partial charge < -0.3 is 19.3 Å². The van der Waals surface area contributed by atoms with Crippen LogP contribution < -0.4 is 21.7 Å². The van der Waals surface area contributed by atoms with Crippen molar-refractivity contribution in [2.75, 3.05) is 45.7 Å². The molecule has 0 bridgehead atoms. The van der Waals surface area contributed by atoms with Gasteiger partial charge in [0.2, 0.25) is 0 Å². The summed E-state index contributed by atoms with van der Waals surface area (Å²) < 4.78 is 20.3. The summed E-state index contributed by atoms with van der Waals surface area (Å²) in [5.41, 5.74) is 11.3. The van der Waals surface area contributed by atoms with Crippen molar-refractivity contribution in [2.45, 2.75) is 20.8 Å². The Morgan fingerprint density at radius 2 is 1.18 bits per heavy atom. The Morgan fingerprint density at radius 3 is 1.43 bits per heavy atom. The summed E-state index contributed by atoms with van der Waals surface area (Å²) in [5.74, 6) is -0.482. The highest BCUT2D eigenvalue weighted by Gasteiger charge is 2.05. The average Bonchev–Trinajstić information content (AvgIpc) is 2.61. The van der Waals surface area contributed by atoms with E-state index >= 15 is 0 Å². The molecule has 0 aliphatic carbocycles. The first-order chi connectivity index (χ1) is 13.0. The van der Waals surface area contributed by atoms with E-state index in [2.05, 4.69) is 34.9 Å².